The second-order valence-electron chi connectivity index (χ2n) is 9.55. The molecule has 1 N–H and O–H groups in total. The Morgan fingerprint density at radius 3 is 2.73 bits per heavy atom. The van der Waals surface area contributed by atoms with Crippen LogP contribution in [0.5, 0.6) is 5.75 Å². The van der Waals surface area contributed by atoms with Crippen LogP contribution in [0, 0.1) is 0 Å². The van der Waals surface area contributed by atoms with Crippen molar-refractivity contribution in [3.63, 3.8) is 0 Å². The van der Waals surface area contributed by atoms with Gasteiger partial charge in [-0.15, -0.1) is 0 Å². The fraction of sp³-hybridized carbons (Fsp3) is 0.615. The van der Waals surface area contributed by atoms with E-state index >= 15 is 0 Å². The van der Waals surface area contributed by atoms with Gasteiger partial charge >= 0.3 is 0 Å². The van der Waals surface area contributed by atoms with Crippen LogP contribution in [0.3, 0.4) is 0 Å². The molecule has 2 aliphatic rings. The van der Waals surface area contributed by atoms with Crippen molar-refractivity contribution >= 4 is 34.5 Å². The van der Waals surface area contributed by atoms with Gasteiger partial charge in [-0.3, -0.25) is 9.59 Å². The lowest BCUT2D eigenvalue weighted by molar-refractivity contribution is -0.133. The van der Waals surface area contributed by atoms with E-state index in [9.17, 15) is 9.59 Å². The second-order valence-corrected chi connectivity index (χ2v) is 10.8. The van der Waals surface area contributed by atoms with Crippen molar-refractivity contribution in [2.45, 2.75) is 76.9 Å². The first kappa shape index (κ1) is 24.0. The normalized spacial score (nSPS) is 21.3. The molecular formula is C26H37N3O3S. The Labute approximate surface area is 201 Å². The fourth-order valence-corrected chi connectivity index (χ4v) is 5.99. The molecule has 33 heavy (non-hydrogen) atoms. The number of amides is 2. The van der Waals surface area contributed by atoms with Crippen LogP contribution >= 0.6 is 11.8 Å². The largest absolute Gasteiger partial charge is 0.497 e. The van der Waals surface area contributed by atoms with Gasteiger partial charge in [0.25, 0.3) is 5.91 Å². The Bertz CT molecular complexity index is 998. The summed E-state index contributed by atoms with van der Waals surface area (Å²) >= 11 is 1.92. The number of aromatic nitrogens is 1. The summed E-state index contributed by atoms with van der Waals surface area (Å²) in [6.07, 6.45) is 7.65. The molecule has 1 atom stereocenters. The van der Waals surface area contributed by atoms with E-state index < -0.39 is 5.54 Å². The molecule has 1 aromatic heterocycles. The van der Waals surface area contributed by atoms with Crippen LogP contribution < -0.4 is 10.1 Å². The number of nitrogens with one attached hydrogen (secondary N) is 1. The lowest BCUT2D eigenvalue weighted by atomic mass is 9.91. The van der Waals surface area contributed by atoms with Crippen molar-refractivity contribution < 1.29 is 14.3 Å². The maximum atomic E-state index is 13.8. The van der Waals surface area contributed by atoms with E-state index in [-0.39, 0.29) is 17.9 Å². The summed E-state index contributed by atoms with van der Waals surface area (Å²) < 4.78 is 7.44. The third kappa shape index (κ3) is 4.88. The van der Waals surface area contributed by atoms with E-state index in [1.807, 2.05) is 52.4 Å². The molecule has 7 heteroatoms. The van der Waals surface area contributed by atoms with Crippen LogP contribution in [0.25, 0.3) is 10.9 Å². The third-order valence-electron chi connectivity index (χ3n) is 7.09. The minimum absolute atomic E-state index is 0.0284. The number of ether oxygens (including phenoxy) is 1. The Morgan fingerprint density at radius 2 is 2.00 bits per heavy atom. The molecule has 1 fully saturated rings. The maximum absolute atomic E-state index is 13.8. The lowest BCUT2D eigenvalue weighted by Gasteiger charge is -2.45. The number of fused-ring (bicyclic) bond motifs is 3. The van der Waals surface area contributed by atoms with Gasteiger partial charge in [0, 0.05) is 24.0 Å². The highest BCUT2D eigenvalue weighted by atomic mass is 32.2. The van der Waals surface area contributed by atoms with Crippen LogP contribution in [0.1, 0.15) is 69.3 Å². The Morgan fingerprint density at radius 1 is 1.21 bits per heavy atom. The van der Waals surface area contributed by atoms with Crippen molar-refractivity contribution in [3.8, 4) is 5.75 Å². The van der Waals surface area contributed by atoms with E-state index in [1.54, 1.807) is 7.11 Å². The van der Waals surface area contributed by atoms with Crippen molar-refractivity contribution in [1.82, 2.24) is 14.8 Å². The van der Waals surface area contributed by atoms with E-state index in [1.165, 1.54) is 6.42 Å². The Balaban J connectivity index is 1.65. The van der Waals surface area contributed by atoms with Crippen molar-refractivity contribution in [3.05, 3.63) is 30.0 Å². The summed E-state index contributed by atoms with van der Waals surface area (Å²) in [5.74, 6) is 2.79. The monoisotopic (exact) mass is 471 g/mol. The molecule has 1 saturated carbocycles. The van der Waals surface area contributed by atoms with Crippen LogP contribution in [0.4, 0.5) is 0 Å². The molecule has 2 heterocycles. The zero-order valence-corrected chi connectivity index (χ0v) is 21.0. The number of benzene rings is 1. The molecule has 1 aromatic carbocycles. The zero-order valence-electron chi connectivity index (χ0n) is 20.2. The van der Waals surface area contributed by atoms with Crippen LogP contribution in [-0.2, 0) is 11.3 Å². The average molecular weight is 472 g/mol. The van der Waals surface area contributed by atoms with Gasteiger partial charge in [-0.05, 0) is 62.3 Å². The molecule has 0 unspecified atom stereocenters. The van der Waals surface area contributed by atoms with E-state index in [4.69, 9.17) is 4.74 Å². The molecule has 0 radical (unpaired) electrons. The number of carbonyl (C=O) groups excluding carboxylic acids is 2. The summed E-state index contributed by atoms with van der Waals surface area (Å²) in [6, 6.07) is 8.02. The number of nitrogens with zero attached hydrogens (tertiary/aromatic N) is 2. The van der Waals surface area contributed by atoms with Crippen LogP contribution in [0.2, 0.25) is 0 Å². The summed E-state index contributed by atoms with van der Waals surface area (Å²) in [6.45, 7) is 5.17. The summed E-state index contributed by atoms with van der Waals surface area (Å²) in [4.78, 5) is 29.3. The van der Waals surface area contributed by atoms with E-state index in [2.05, 4.69) is 12.2 Å². The third-order valence-corrected chi connectivity index (χ3v) is 8.36. The quantitative estimate of drug-likeness (QED) is 0.531. The Kier molecular flexibility index (Phi) is 7.57. The summed E-state index contributed by atoms with van der Waals surface area (Å²) in [5, 5.41) is 4.30. The summed E-state index contributed by atoms with van der Waals surface area (Å²) in [5.41, 5.74) is 0.668. The highest BCUT2D eigenvalue weighted by molar-refractivity contribution is 7.99. The van der Waals surface area contributed by atoms with Gasteiger partial charge in [0.1, 0.15) is 17.0 Å². The smallest absolute Gasteiger partial charge is 0.271 e. The first-order valence-corrected chi connectivity index (χ1v) is 13.5. The molecule has 2 amide bonds. The van der Waals surface area contributed by atoms with E-state index in [0.29, 0.717) is 18.8 Å². The van der Waals surface area contributed by atoms with Gasteiger partial charge in [-0.1, -0.05) is 26.2 Å². The minimum atomic E-state index is -0.925. The van der Waals surface area contributed by atoms with Gasteiger partial charge in [-0.25, -0.2) is 0 Å². The molecule has 180 valence electrons. The van der Waals surface area contributed by atoms with Crippen LogP contribution in [0.15, 0.2) is 24.3 Å². The molecule has 1 aliphatic heterocycles. The molecule has 1 aliphatic carbocycles. The molecule has 0 saturated heterocycles. The van der Waals surface area contributed by atoms with Crippen molar-refractivity contribution in [2.75, 3.05) is 25.2 Å². The molecule has 4 rings (SSSR count). The molecular weight excluding hydrogens is 434 g/mol. The Hall–Kier alpha value is -2.15. The van der Waals surface area contributed by atoms with Gasteiger partial charge in [0.2, 0.25) is 5.91 Å². The summed E-state index contributed by atoms with van der Waals surface area (Å²) in [7, 11) is 1.65. The topological polar surface area (TPSA) is 63.6 Å². The highest BCUT2D eigenvalue weighted by Crippen LogP contribution is 2.34. The van der Waals surface area contributed by atoms with Crippen molar-refractivity contribution in [1.29, 1.82) is 0 Å². The lowest BCUT2D eigenvalue weighted by Crippen LogP contribution is -2.65. The van der Waals surface area contributed by atoms with Crippen molar-refractivity contribution in [2.24, 2.45) is 0 Å². The number of thioether (sulfide) groups is 1. The zero-order chi connectivity index (χ0) is 23.4. The van der Waals surface area contributed by atoms with E-state index in [0.717, 1.165) is 66.7 Å². The molecule has 0 spiro atoms. The second kappa shape index (κ2) is 10.4. The van der Waals surface area contributed by atoms with Crippen LogP contribution in [-0.4, -0.2) is 58.0 Å². The molecule has 6 nitrogen and oxygen atoms in total. The highest BCUT2D eigenvalue weighted by Gasteiger charge is 2.47. The number of hydrogen-bond acceptors (Lipinski definition) is 4. The van der Waals surface area contributed by atoms with Gasteiger partial charge in [0.15, 0.2) is 0 Å². The van der Waals surface area contributed by atoms with Gasteiger partial charge in [0.05, 0.1) is 19.2 Å². The number of hydrogen-bond donors (Lipinski definition) is 1. The molecule has 0 bridgehead atoms. The molecule has 2 aromatic rings. The maximum Gasteiger partial charge on any atom is 0.271 e. The van der Waals surface area contributed by atoms with Gasteiger partial charge in [-0.2, -0.15) is 11.8 Å². The first-order valence-electron chi connectivity index (χ1n) is 12.4. The first-order chi connectivity index (χ1) is 16.0. The number of carbonyl (C=O) groups is 2. The van der Waals surface area contributed by atoms with Gasteiger partial charge < -0.3 is 19.5 Å². The fourth-order valence-electron chi connectivity index (χ4n) is 5.17. The SMILES string of the molecule is CCCSCCCN1C(=O)c2cc3ccc(OC)cc3n2C[C@@]1(C)C(=O)NC1CCCCC1. The number of methoxy groups -OCH3 is 1. The predicted octanol–water partition coefficient (Wildman–Crippen LogP) is 4.85. The standard InChI is InChI=1S/C26H37N3O3S/c1-4-14-33-15-8-13-29-24(30)23-16-19-11-12-21(32-3)17-22(19)28(23)18-26(29,2)25(31)27-20-9-6-5-7-10-20/h11-12,16-17,20H,4-10,13-15,18H2,1-3H3,(H,27,31)/t26-/m0/s1. The number of rotatable bonds is 9. The predicted molar refractivity (Wildman–Crippen MR) is 135 cm³/mol. The minimum Gasteiger partial charge on any atom is -0.497 e. The average Bonchev–Trinajstić information content (AvgIpc) is 3.19.